The monoisotopic (exact) mass is 360 g/mol. The molecule has 0 radical (unpaired) electrons. The molecule has 0 aliphatic rings. The van der Waals surface area contributed by atoms with E-state index in [0.717, 1.165) is 12.0 Å². The number of carbonyl (C=O) groups excluding carboxylic acids is 1. The van der Waals surface area contributed by atoms with Crippen molar-refractivity contribution >= 4 is 23.7 Å². The Hall–Kier alpha value is -2.53. The summed E-state index contributed by atoms with van der Waals surface area (Å²) in [6, 6.07) is 11.0. The first-order valence-electron chi connectivity index (χ1n) is 8.08. The number of hydrazone groups is 1. The second-order valence-corrected chi connectivity index (χ2v) is 5.83. The number of nitrogens with one attached hydrogen (secondary N) is 1. The summed E-state index contributed by atoms with van der Waals surface area (Å²) in [6.07, 6.45) is 2.67. The summed E-state index contributed by atoms with van der Waals surface area (Å²) in [5.74, 6) is -0.0468. The maximum Gasteiger partial charge on any atom is 0.244 e. The lowest BCUT2D eigenvalue weighted by Crippen LogP contribution is -2.19. The molecule has 1 amide bonds. The summed E-state index contributed by atoms with van der Waals surface area (Å²) >= 11 is 5.95. The van der Waals surface area contributed by atoms with Gasteiger partial charge >= 0.3 is 0 Å². The fourth-order valence-corrected chi connectivity index (χ4v) is 2.45. The summed E-state index contributed by atoms with van der Waals surface area (Å²) in [5, 5.41) is 13.9. The van der Waals surface area contributed by atoms with Crippen LogP contribution in [-0.4, -0.2) is 23.8 Å². The number of aryl methyl sites for hydroxylation is 1. The van der Waals surface area contributed by atoms with E-state index in [-0.39, 0.29) is 28.8 Å². The summed E-state index contributed by atoms with van der Waals surface area (Å²) in [7, 11) is 0. The number of phenolic OH excluding ortho intramolecular Hbond substituents is 1. The molecule has 0 bridgehead atoms. The van der Waals surface area contributed by atoms with Crippen molar-refractivity contribution in [3.63, 3.8) is 0 Å². The van der Waals surface area contributed by atoms with Gasteiger partial charge in [0.2, 0.25) is 5.91 Å². The SMILES string of the molecule is CCOc1cc(/C=N/NC(=O)Cc2ccc(CC)cc2)cc(Cl)c1O. The molecule has 0 saturated heterocycles. The van der Waals surface area contributed by atoms with Crippen molar-refractivity contribution in [1.82, 2.24) is 5.43 Å². The highest BCUT2D eigenvalue weighted by molar-refractivity contribution is 6.32. The van der Waals surface area contributed by atoms with E-state index in [9.17, 15) is 9.90 Å². The van der Waals surface area contributed by atoms with Crippen LogP contribution in [0.3, 0.4) is 0 Å². The number of amides is 1. The van der Waals surface area contributed by atoms with Crippen LogP contribution in [0.5, 0.6) is 11.5 Å². The van der Waals surface area contributed by atoms with Gasteiger partial charge in [-0.25, -0.2) is 5.43 Å². The number of hydrogen-bond donors (Lipinski definition) is 2. The molecule has 2 aromatic rings. The molecule has 25 heavy (non-hydrogen) atoms. The van der Waals surface area contributed by atoms with Crippen LogP contribution in [0.2, 0.25) is 5.02 Å². The second kappa shape index (κ2) is 9.08. The molecule has 5 nitrogen and oxygen atoms in total. The Labute approximate surface area is 152 Å². The number of carbonyl (C=O) groups is 1. The highest BCUT2D eigenvalue weighted by Crippen LogP contribution is 2.34. The van der Waals surface area contributed by atoms with Crippen molar-refractivity contribution in [3.05, 3.63) is 58.1 Å². The third-order valence-corrected chi connectivity index (χ3v) is 3.84. The van der Waals surface area contributed by atoms with Crippen LogP contribution in [0.15, 0.2) is 41.5 Å². The topological polar surface area (TPSA) is 70.9 Å². The highest BCUT2D eigenvalue weighted by atomic mass is 35.5. The van der Waals surface area contributed by atoms with Crippen LogP contribution in [0, 0.1) is 0 Å². The zero-order valence-corrected chi connectivity index (χ0v) is 15.0. The van der Waals surface area contributed by atoms with Gasteiger partial charge in [0.1, 0.15) is 0 Å². The Kier molecular flexibility index (Phi) is 6.83. The highest BCUT2D eigenvalue weighted by Gasteiger charge is 2.09. The largest absolute Gasteiger partial charge is 0.503 e. The quantitative estimate of drug-likeness (QED) is 0.584. The molecule has 0 aliphatic heterocycles. The Morgan fingerprint density at radius 3 is 2.56 bits per heavy atom. The molecule has 0 atom stereocenters. The van der Waals surface area contributed by atoms with Gasteiger partial charge in [-0.3, -0.25) is 4.79 Å². The van der Waals surface area contributed by atoms with Gasteiger partial charge in [0, 0.05) is 0 Å². The molecule has 132 valence electrons. The molecule has 0 unspecified atom stereocenters. The Morgan fingerprint density at radius 1 is 1.24 bits per heavy atom. The lowest BCUT2D eigenvalue weighted by atomic mass is 10.1. The van der Waals surface area contributed by atoms with Gasteiger partial charge in [-0.15, -0.1) is 0 Å². The molecule has 2 rings (SSSR count). The summed E-state index contributed by atoms with van der Waals surface area (Å²) in [5.41, 5.74) is 5.25. The Bertz CT molecular complexity index is 758. The number of rotatable bonds is 7. The van der Waals surface area contributed by atoms with Gasteiger partial charge in [-0.2, -0.15) is 5.10 Å². The molecule has 2 N–H and O–H groups in total. The molecule has 0 heterocycles. The minimum Gasteiger partial charge on any atom is -0.503 e. The molecule has 2 aromatic carbocycles. The number of aromatic hydroxyl groups is 1. The summed E-state index contributed by atoms with van der Waals surface area (Å²) in [6.45, 7) is 4.29. The van der Waals surface area contributed by atoms with Gasteiger partial charge in [0.05, 0.1) is 24.3 Å². The predicted octanol–water partition coefficient (Wildman–Crippen LogP) is 3.70. The average molecular weight is 361 g/mol. The van der Waals surface area contributed by atoms with E-state index in [4.69, 9.17) is 16.3 Å². The number of phenols is 1. The number of ether oxygens (including phenoxy) is 1. The van der Waals surface area contributed by atoms with Crippen molar-refractivity contribution in [2.24, 2.45) is 5.10 Å². The van der Waals surface area contributed by atoms with Gasteiger partial charge in [-0.05, 0) is 42.2 Å². The Balaban J connectivity index is 1.96. The van der Waals surface area contributed by atoms with Crippen molar-refractivity contribution in [1.29, 1.82) is 0 Å². The zero-order chi connectivity index (χ0) is 18.2. The zero-order valence-electron chi connectivity index (χ0n) is 14.3. The predicted molar refractivity (Wildman–Crippen MR) is 99.5 cm³/mol. The van der Waals surface area contributed by atoms with E-state index in [1.807, 2.05) is 24.3 Å². The van der Waals surface area contributed by atoms with E-state index in [2.05, 4.69) is 17.5 Å². The van der Waals surface area contributed by atoms with Crippen LogP contribution in [0.4, 0.5) is 0 Å². The van der Waals surface area contributed by atoms with Crippen molar-refractivity contribution in [3.8, 4) is 11.5 Å². The second-order valence-electron chi connectivity index (χ2n) is 5.42. The molecule has 6 heteroatoms. The fourth-order valence-electron chi connectivity index (χ4n) is 2.23. The summed E-state index contributed by atoms with van der Waals surface area (Å²) in [4.78, 5) is 11.9. The third kappa shape index (κ3) is 5.50. The fraction of sp³-hybridized carbons (Fsp3) is 0.263. The standard InChI is InChI=1S/C19H21ClN2O3/c1-3-13-5-7-14(8-6-13)11-18(23)22-21-12-15-9-16(20)19(24)17(10-15)25-4-2/h5-10,12,24H,3-4,11H2,1-2H3,(H,22,23)/b21-12+. The third-order valence-electron chi connectivity index (χ3n) is 3.55. The van der Waals surface area contributed by atoms with Crippen molar-refractivity contribution in [2.45, 2.75) is 26.7 Å². The van der Waals surface area contributed by atoms with E-state index in [1.54, 1.807) is 19.1 Å². The van der Waals surface area contributed by atoms with Crippen molar-refractivity contribution in [2.75, 3.05) is 6.61 Å². The molecular weight excluding hydrogens is 340 g/mol. The lowest BCUT2D eigenvalue weighted by Gasteiger charge is -2.08. The van der Waals surface area contributed by atoms with Gasteiger partial charge < -0.3 is 9.84 Å². The molecule has 0 saturated carbocycles. The molecular formula is C19H21ClN2O3. The van der Waals surface area contributed by atoms with Crippen LogP contribution >= 0.6 is 11.6 Å². The first-order valence-corrected chi connectivity index (χ1v) is 8.46. The van der Waals surface area contributed by atoms with Crippen LogP contribution in [-0.2, 0) is 17.6 Å². The van der Waals surface area contributed by atoms with E-state index in [0.29, 0.717) is 12.2 Å². The number of nitrogens with zero attached hydrogens (tertiary/aromatic N) is 1. The first kappa shape index (κ1) is 18.8. The van der Waals surface area contributed by atoms with Gasteiger partial charge in [0.15, 0.2) is 11.5 Å². The molecule has 0 aromatic heterocycles. The van der Waals surface area contributed by atoms with Crippen molar-refractivity contribution < 1.29 is 14.6 Å². The Morgan fingerprint density at radius 2 is 1.92 bits per heavy atom. The minimum absolute atomic E-state index is 0.111. The van der Waals surface area contributed by atoms with Crippen LogP contribution in [0.1, 0.15) is 30.5 Å². The van der Waals surface area contributed by atoms with Crippen LogP contribution < -0.4 is 10.2 Å². The minimum atomic E-state index is -0.213. The lowest BCUT2D eigenvalue weighted by molar-refractivity contribution is -0.120. The molecule has 0 fully saturated rings. The first-order chi connectivity index (χ1) is 12.0. The smallest absolute Gasteiger partial charge is 0.244 e. The van der Waals surface area contributed by atoms with E-state index in [1.165, 1.54) is 11.8 Å². The van der Waals surface area contributed by atoms with Crippen LogP contribution in [0.25, 0.3) is 0 Å². The number of hydrogen-bond acceptors (Lipinski definition) is 4. The van der Waals surface area contributed by atoms with Gasteiger partial charge in [0.25, 0.3) is 0 Å². The maximum absolute atomic E-state index is 11.9. The maximum atomic E-state index is 11.9. The number of benzene rings is 2. The normalized spacial score (nSPS) is 10.8. The average Bonchev–Trinajstić information content (AvgIpc) is 2.60. The molecule has 0 aliphatic carbocycles. The van der Waals surface area contributed by atoms with E-state index < -0.39 is 0 Å². The van der Waals surface area contributed by atoms with E-state index >= 15 is 0 Å². The van der Waals surface area contributed by atoms with Gasteiger partial charge in [-0.1, -0.05) is 42.8 Å². The molecule has 0 spiro atoms. The number of halogens is 1. The summed E-state index contributed by atoms with van der Waals surface area (Å²) < 4.78 is 5.30.